The predicted octanol–water partition coefficient (Wildman–Crippen LogP) is 1.83. The fourth-order valence-electron chi connectivity index (χ4n) is 2.01. The fourth-order valence-corrected chi connectivity index (χ4v) is 2.78. The van der Waals surface area contributed by atoms with Crippen LogP contribution in [0, 0.1) is 0 Å². The lowest BCUT2D eigenvalue weighted by atomic mass is 10.2. The molecule has 0 bridgehead atoms. The van der Waals surface area contributed by atoms with Crippen molar-refractivity contribution in [3.8, 4) is 0 Å². The lowest BCUT2D eigenvalue weighted by Gasteiger charge is -2.22. The number of amides is 1. The van der Waals surface area contributed by atoms with Crippen molar-refractivity contribution in [2.24, 2.45) is 0 Å². The number of ether oxygens (including phenoxy) is 1. The van der Waals surface area contributed by atoms with Crippen LogP contribution >= 0.6 is 11.3 Å². The van der Waals surface area contributed by atoms with E-state index in [2.05, 4.69) is 16.7 Å². The number of morpholine rings is 1. The first-order chi connectivity index (χ1) is 8.83. The molecule has 1 amide bonds. The number of thiophene rings is 1. The summed E-state index contributed by atoms with van der Waals surface area (Å²) in [4.78, 5) is 12.0. The molecular weight excluding hydrogens is 248 g/mol. The van der Waals surface area contributed by atoms with Gasteiger partial charge in [0.15, 0.2) is 0 Å². The molecule has 2 aromatic rings. The fraction of sp³-hybridized carbons (Fsp3) is 0.308. The van der Waals surface area contributed by atoms with Crippen LogP contribution in [0.25, 0.3) is 10.1 Å². The molecule has 1 aliphatic heterocycles. The summed E-state index contributed by atoms with van der Waals surface area (Å²) in [5.74, 6) is -0.0377. The molecule has 1 fully saturated rings. The van der Waals surface area contributed by atoms with Gasteiger partial charge in [-0.1, -0.05) is 0 Å². The number of benzene rings is 1. The first-order valence-electron chi connectivity index (χ1n) is 5.92. The highest BCUT2D eigenvalue weighted by Crippen LogP contribution is 2.24. The smallest absolute Gasteiger partial charge is 0.243 e. The molecule has 1 aromatic heterocycles. The molecule has 94 valence electrons. The summed E-state index contributed by atoms with van der Waals surface area (Å²) < 4.78 is 6.51. The molecule has 1 atom stereocenters. The van der Waals surface area contributed by atoms with E-state index in [4.69, 9.17) is 4.74 Å². The van der Waals surface area contributed by atoms with Gasteiger partial charge in [-0.25, -0.2) is 0 Å². The van der Waals surface area contributed by atoms with Crippen molar-refractivity contribution in [1.82, 2.24) is 5.32 Å². The van der Waals surface area contributed by atoms with Crippen LogP contribution in [0.5, 0.6) is 0 Å². The number of carbonyl (C=O) groups excluding carboxylic acids is 1. The Kier molecular flexibility index (Phi) is 3.27. The average Bonchev–Trinajstić information content (AvgIpc) is 2.87. The minimum absolute atomic E-state index is 0.0377. The van der Waals surface area contributed by atoms with Crippen LogP contribution < -0.4 is 10.6 Å². The van der Waals surface area contributed by atoms with E-state index >= 15 is 0 Å². The summed E-state index contributed by atoms with van der Waals surface area (Å²) in [6.45, 7) is 1.83. The maximum Gasteiger partial charge on any atom is 0.243 e. The Morgan fingerprint density at radius 2 is 2.39 bits per heavy atom. The van der Waals surface area contributed by atoms with Gasteiger partial charge in [0.1, 0.15) is 6.04 Å². The van der Waals surface area contributed by atoms with E-state index in [0.717, 1.165) is 17.6 Å². The summed E-state index contributed by atoms with van der Waals surface area (Å²) in [5, 5.41) is 9.26. The zero-order chi connectivity index (χ0) is 12.4. The van der Waals surface area contributed by atoms with E-state index in [1.54, 1.807) is 11.3 Å². The molecule has 3 rings (SSSR count). The molecule has 0 radical (unpaired) electrons. The number of hydrogen-bond acceptors (Lipinski definition) is 4. The summed E-state index contributed by atoms with van der Waals surface area (Å²) in [6, 6.07) is 7.75. The molecule has 0 aliphatic carbocycles. The van der Waals surface area contributed by atoms with Gasteiger partial charge in [-0.15, -0.1) is 11.3 Å². The van der Waals surface area contributed by atoms with Crippen molar-refractivity contribution < 1.29 is 9.53 Å². The predicted molar refractivity (Wildman–Crippen MR) is 73.1 cm³/mol. The molecule has 0 spiro atoms. The molecule has 1 saturated heterocycles. The van der Waals surface area contributed by atoms with Crippen molar-refractivity contribution in [1.29, 1.82) is 0 Å². The van der Waals surface area contributed by atoms with Gasteiger partial charge in [0.25, 0.3) is 0 Å². The van der Waals surface area contributed by atoms with Gasteiger partial charge >= 0.3 is 0 Å². The molecule has 4 nitrogen and oxygen atoms in total. The Morgan fingerprint density at radius 3 is 3.22 bits per heavy atom. The number of rotatable bonds is 2. The van der Waals surface area contributed by atoms with Crippen molar-refractivity contribution in [3.63, 3.8) is 0 Å². The second-order valence-electron chi connectivity index (χ2n) is 4.24. The van der Waals surface area contributed by atoms with Crippen molar-refractivity contribution in [2.45, 2.75) is 6.04 Å². The molecule has 18 heavy (non-hydrogen) atoms. The Hall–Kier alpha value is -1.43. The molecule has 2 heterocycles. The highest BCUT2D eigenvalue weighted by Gasteiger charge is 2.21. The summed E-state index contributed by atoms with van der Waals surface area (Å²) in [5.41, 5.74) is 0.832. The quantitative estimate of drug-likeness (QED) is 0.868. The monoisotopic (exact) mass is 262 g/mol. The second kappa shape index (κ2) is 5.06. The number of nitrogens with one attached hydrogen (secondary N) is 2. The zero-order valence-electron chi connectivity index (χ0n) is 9.81. The number of hydrogen-bond donors (Lipinski definition) is 2. The Morgan fingerprint density at radius 1 is 1.44 bits per heavy atom. The van der Waals surface area contributed by atoms with Crippen LogP contribution in [-0.2, 0) is 9.53 Å². The van der Waals surface area contributed by atoms with Gasteiger partial charge < -0.3 is 15.4 Å². The third kappa shape index (κ3) is 2.38. The van der Waals surface area contributed by atoms with Crippen LogP contribution in [0.2, 0.25) is 0 Å². The van der Waals surface area contributed by atoms with Crippen LogP contribution in [0.3, 0.4) is 0 Å². The van der Waals surface area contributed by atoms with Crippen molar-refractivity contribution in [2.75, 3.05) is 25.1 Å². The third-order valence-corrected chi connectivity index (χ3v) is 3.86. The first-order valence-corrected chi connectivity index (χ1v) is 6.80. The Bertz CT molecular complexity index is 561. The van der Waals surface area contributed by atoms with E-state index in [9.17, 15) is 4.79 Å². The summed E-state index contributed by atoms with van der Waals surface area (Å²) in [6.07, 6.45) is 0. The number of fused-ring (bicyclic) bond motifs is 1. The maximum atomic E-state index is 12.0. The zero-order valence-corrected chi connectivity index (χ0v) is 10.6. The van der Waals surface area contributed by atoms with E-state index in [0.29, 0.717) is 13.2 Å². The van der Waals surface area contributed by atoms with Gasteiger partial charge in [-0.3, -0.25) is 4.79 Å². The topological polar surface area (TPSA) is 50.4 Å². The van der Waals surface area contributed by atoms with Crippen LogP contribution in [0.1, 0.15) is 0 Å². The Labute approximate surface area is 109 Å². The minimum atomic E-state index is -0.253. The molecule has 2 N–H and O–H groups in total. The normalized spacial score (nSPS) is 19.9. The van der Waals surface area contributed by atoms with E-state index in [1.165, 1.54) is 4.70 Å². The minimum Gasteiger partial charge on any atom is -0.378 e. The molecular formula is C13H14N2O2S. The standard InChI is InChI=1S/C13H14N2O2S/c16-13(11-8-17-5-4-14-11)15-10-1-2-12-9(7-10)3-6-18-12/h1-3,6-7,11,14H,4-5,8H2,(H,15,16). The molecule has 1 aliphatic rings. The van der Waals surface area contributed by atoms with E-state index < -0.39 is 0 Å². The van der Waals surface area contributed by atoms with Crippen molar-refractivity contribution in [3.05, 3.63) is 29.6 Å². The largest absolute Gasteiger partial charge is 0.378 e. The lowest BCUT2D eigenvalue weighted by Crippen LogP contribution is -2.48. The van der Waals surface area contributed by atoms with E-state index in [-0.39, 0.29) is 11.9 Å². The number of anilines is 1. The molecule has 1 unspecified atom stereocenters. The lowest BCUT2D eigenvalue weighted by molar-refractivity contribution is -0.120. The highest BCUT2D eigenvalue weighted by atomic mass is 32.1. The van der Waals surface area contributed by atoms with Gasteiger partial charge in [0, 0.05) is 16.9 Å². The van der Waals surface area contributed by atoms with Crippen molar-refractivity contribution >= 4 is 33.0 Å². The maximum absolute atomic E-state index is 12.0. The molecule has 1 aromatic carbocycles. The van der Waals surface area contributed by atoms with Gasteiger partial charge in [-0.05, 0) is 35.0 Å². The van der Waals surface area contributed by atoms with Gasteiger partial charge in [-0.2, -0.15) is 0 Å². The third-order valence-electron chi connectivity index (χ3n) is 2.96. The SMILES string of the molecule is O=C(Nc1ccc2sccc2c1)C1COCCN1. The second-order valence-corrected chi connectivity index (χ2v) is 5.19. The molecule has 5 heteroatoms. The van der Waals surface area contributed by atoms with Gasteiger partial charge in [0.2, 0.25) is 5.91 Å². The number of carbonyl (C=O) groups is 1. The Balaban J connectivity index is 1.72. The average molecular weight is 262 g/mol. The highest BCUT2D eigenvalue weighted by molar-refractivity contribution is 7.17. The molecule has 0 saturated carbocycles. The van der Waals surface area contributed by atoms with Crippen LogP contribution in [0.15, 0.2) is 29.6 Å². The van der Waals surface area contributed by atoms with Gasteiger partial charge in [0.05, 0.1) is 13.2 Å². The van der Waals surface area contributed by atoms with Crippen LogP contribution in [0.4, 0.5) is 5.69 Å². The summed E-state index contributed by atoms with van der Waals surface area (Å²) >= 11 is 1.70. The van der Waals surface area contributed by atoms with Crippen LogP contribution in [-0.4, -0.2) is 31.7 Å². The first kappa shape index (κ1) is 11.6. The summed E-state index contributed by atoms with van der Waals surface area (Å²) in [7, 11) is 0. The van der Waals surface area contributed by atoms with E-state index in [1.807, 2.05) is 23.6 Å².